The number of hydrogen-bond donors (Lipinski definition) is 0. The Morgan fingerprint density at radius 1 is 1.27 bits per heavy atom. The van der Waals surface area contributed by atoms with E-state index in [0.29, 0.717) is 0 Å². The number of aliphatic imine (C=N–C) groups is 1. The van der Waals surface area contributed by atoms with Gasteiger partial charge in [-0.1, -0.05) is 18.2 Å². The summed E-state index contributed by atoms with van der Waals surface area (Å²) in [6, 6.07) is 5.87. The van der Waals surface area contributed by atoms with Gasteiger partial charge in [-0.25, -0.2) is 9.98 Å². The third-order valence-corrected chi connectivity index (χ3v) is 4.77. The zero-order chi connectivity index (χ0) is 16.0. The molecule has 1 aromatic heterocycles. The lowest BCUT2D eigenvalue weighted by atomic mass is 10.3. The average Bonchev–Trinajstić information content (AvgIpc) is 2.51. The van der Waals surface area contributed by atoms with Crippen molar-refractivity contribution in [3.8, 4) is 0 Å². The van der Waals surface area contributed by atoms with Crippen LogP contribution >= 0.6 is 55.4 Å². The highest BCUT2D eigenvalue weighted by atomic mass is 79.9. The Kier molecular flexibility index (Phi) is 11.5. The van der Waals surface area contributed by atoms with Crippen LogP contribution in [0.1, 0.15) is 12.6 Å². The summed E-state index contributed by atoms with van der Waals surface area (Å²) in [5.74, 6) is 0. The molecule has 0 unspecified atom stereocenters. The van der Waals surface area contributed by atoms with Gasteiger partial charge in [-0.2, -0.15) is 0 Å². The molecule has 116 valence electrons. The van der Waals surface area contributed by atoms with E-state index >= 15 is 0 Å². The first-order valence-corrected chi connectivity index (χ1v) is 10.1. The van der Waals surface area contributed by atoms with Crippen molar-refractivity contribution >= 4 is 67.7 Å². The summed E-state index contributed by atoms with van der Waals surface area (Å²) in [6.45, 7) is 1.97. The van der Waals surface area contributed by atoms with Crippen molar-refractivity contribution in [3.63, 3.8) is 0 Å². The maximum atomic E-state index is 4.33. The van der Waals surface area contributed by atoms with Crippen molar-refractivity contribution < 1.29 is 0 Å². The summed E-state index contributed by atoms with van der Waals surface area (Å²) in [4.78, 5) is 8.54. The van der Waals surface area contributed by atoms with Crippen LogP contribution < -0.4 is 0 Å². The molecule has 0 N–H and O–H groups in total. The van der Waals surface area contributed by atoms with Gasteiger partial charge >= 0.3 is 0 Å². The van der Waals surface area contributed by atoms with Crippen molar-refractivity contribution in [1.29, 1.82) is 0 Å². The minimum atomic E-state index is 0.805. The molecule has 2 nitrogen and oxygen atoms in total. The van der Waals surface area contributed by atoms with Gasteiger partial charge in [0.25, 0.3) is 0 Å². The molecule has 0 fully saturated rings. The van der Waals surface area contributed by atoms with E-state index in [9.17, 15) is 0 Å². The summed E-state index contributed by atoms with van der Waals surface area (Å²) >= 11 is 10.2. The molecule has 1 rings (SSSR count). The third kappa shape index (κ3) is 10.2. The van der Waals surface area contributed by atoms with E-state index in [2.05, 4.69) is 47.2 Å². The van der Waals surface area contributed by atoms with E-state index in [0.717, 1.165) is 20.0 Å². The van der Waals surface area contributed by atoms with Crippen LogP contribution in [-0.2, 0) is 0 Å². The van der Waals surface area contributed by atoms with E-state index in [1.54, 1.807) is 29.7 Å². The fourth-order valence-electron chi connectivity index (χ4n) is 1.18. The quantitative estimate of drug-likeness (QED) is 0.109. The molecule has 1 heterocycles. The molecule has 0 amide bonds. The summed E-state index contributed by atoms with van der Waals surface area (Å²) in [7, 11) is 0. The number of aromatic nitrogens is 1. The minimum Gasteiger partial charge on any atom is -0.249 e. The second-order valence-corrected chi connectivity index (χ2v) is 7.54. The molecule has 0 aliphatic rings. The van der Waals surface area contributed by atoms with Crippen molar-refractivity contribution in [3.05, 3.63) is 68.2 Å². The van der Waals surface area contributed by atoms with Gasteiger partial charge in [-0.3, -0.25) is 0 Å². The Bertz CT molecular complexity index is 594. The van der Waals surface area contributed by atoms with E-state index in [1.807, 2.05) is 60.9 Å². The van der Waals surface area contributed by atoms with Crippen molar-refractivity contribution in [1.82, 2.24) is 4.98 Å². The first kappa shape index (κ1) is 19.5. The predicted octanol–water partition coefficient (Wildman–Crippen LogP) is 6.64. The number of halogens is 2. The largest absolute Gasteiger partial charge is 0.249 e. The van der Waals surface area contributed by atoms with Crippen LogP contribution in [0.25, 0.3) is 6.08 Å². The second kappa shape index (κ2) is 12.9. The molecule has 0 aliphatic carbocycles. The molecule has 0 bridgehead atoms. The van der Waals surface area contributed by atoms with Gasteiger partial charge in [0.05, 0.1) is 5.69 Å². The first-order valence-electron chi connectivity index (χ1n) is 6.42. The molecule has 6 heteroatoms. The standard InChI is InChI=1S/C16H16Br2N2S2/c1-2-3-7-15(17)19-10-5-11-21-13-22-12-9-14-6-4-8-16(18)20-14/h2-12H,13H2,1H3/b3-2-,11-5+,12-9+,15-7-,19-10+. The molecular formula is C16H16Br2N2S2. The number of hydrogen-bond acceptors (Lipinski definition) is 4. The number of nitrogens with zero attached hydrogens (tertiary/aromatic N) is 2. The molecule has 0 saturated heterocycles. The van der Waals surface area contributed by atoms with Gasteiger partial charge < -0.3 is 0 Å². The normalized spacial score (nSPS) is 13.3. The summed E-state index contributed by atoms with van der Waals surface area (Å²) in [5, 5.41) is 5.03. The molecule has 0 atom stereocenters. The van der Waals surface area contributed by atoms with Crippen LogP contribution in [0.4, 0.5) is 0 Å². The number of thioether (sulfide) groups is 2. The summed E-state index contributed by atoms with van der Waals surface area (Å²) in [5.41, 5.74) is 0.951. The first-order chi connectivity index (χ1) is 10.7. The monoisotopic (exact) mass is 458 g/mol. The number of pyridine rings is 1. The Morgan fingerprint density at radius 3 is 2.86 bits per heavy atom. The van der Waals surface area contributed by atoms with Crippen LogP contribution in [0.2, 0.25) is 0 Å². The fourth-order valence-corrected chi connectivity index (χ4v) is 3.16. The highest BCUT2D eigenvalue weighted by Crippen LogP contribution is 2.16. The zero-order valence-electron chi connectivity index (χ0n) is 12.0. The Balaban J connectivity index is 2.20. The lowest BCUT2D eigenvalue weighted by Gasteiger charge is -1.93. The SMILES string of the molecule is C\C=C/C=C(Br)\N=C\C=C\SCS/C=C/c1cccc(Br)n1. The highest BCUT2D eigenvalue weighted by molar-refractivity contribution is 9.11. The molecule has 0 spiro atoms. The topological polar surface area (TPSA) is 25.2 Å². The molecule has 0 aromatic carbocycles. The van der Waals surface area contributed by atoms with Crippen LogP contribution in [-0.4, -0.2) is 16.3 Å². The van der Waals surface area contributed by atoms with Crippen molar-refractivity contribution in [2.75, 3.05) is 5.08 Å². The van der Waals surface area contributed by atoms with Gasteiger partial charge in [-0.05, 0) is 80.0 Å². The lowest BCUT2D eigenvalue weighted by molar-refractivity contribution is 1.25. The molecule has 0 saturated carbocycles. The maximum absolute atomic E-state index is 4.33. The Hall–Kier alpha value is -0.560. The van der Waals surface area contributed by atoms with Gasteiger partial charge in [0.2, 0.25) is 0 Å². The molecule has 0 aliphatic heterocycles. The minimum absolute atomic E-state index is 0.805. The van der Waals surface area contributed by atoms with E-state index < -0.39 is 0 Å². The van der Waals surface area contributed by atoms with Crippen molar-refractivity contribution in [2.45, 2.75) is 6.92 Å². The van der Waals surface area contributed by atoms with Crippen molar-refractivity contribution in [2.24, 2.45) is 4.99 Å². The summed E-state index contributed by atoms with van der Waals surface area (Å²) in [6.07, 6.45) is 11.5. The van der Waals surface area contributed by atoms with Gasteiger partial charge in [-0.15, -0.1) is 23.5 Å². The van der Waals surface area contributed by atoms with Gasteiger partial charge in [0.15, 0.2) is 0 Å². The Labute approximate surface area is 157 Å². The van der Waals surface area contributed by atoms with Crippen LogP contribution in [0.15, 0.2) is 67.5 Å². The fraction of sp³-hybridized carbons (Fsp3) is 0.125. The molecule has 22 heavy (non-hydrogen) atoms. The predicted molar refractivity (Wildman–Crippen MR) is 110 cm³/mol. The second-order valence-electron chi connectivity index (χ2n) is 3.76. The third-order valence-electron chi connectivity index (χ3n) is 2.09. The van der Waals surface area contributed by atoms with Crippen LogP contribution in [0, 0.1) is 0 Å². The smallest absolute Gasteiger partial charge is 0.106 e. The van der Waals surface area contributed by atoms with E-state index in [-0.39, 0.29) is 0 Å². The van der Waals surface area contributed by atoms with Gasteiger partial charge in [0.1, 0.15) is 9.21 Å². The van der Waals surface area contributed by atoms with Gasteiger partial charge in [0, 0.05) is 11.3 Å². The lowest BCUT2D eigenvalue weighted by Crippen LogP contribution is -1.78. The average molecular weight is 460 g/mol. The summed E-state index contributed by atoms with van der Waals surface area (Å²) < 4.78 is 1.66. The maximum Gasteiger partial charge on any atom is 0.106 e. The van der Waals surface area contributed by atoms with E-state index in [4.69, 9.17) is 0 Å². The van der Waals surface area contributed by atoms with Crippen LogP contribution in [0.5, 0.6) is 0 Å². The zero-order valence-corrected chi connectivity index (χ0v) is 16.8. The highest BCUT2D eigenvalue weighted by Gasteiger charge is 1.89. The molecule has 0 radical (unpaired) electrons. The molecule has 1 aromatic rings. The van der Waals surface area contributed by atoms with E-state index in [1.165, 1.54) is 0 Å². The Morgan fingerprint density at radius 2 is 2.09 bits per heavy atom. The molecular weight excluding hydrogens is 444 g/mol. The number of rotatable bonds is 8. The number of allylic oxidation sites excluding steroid dienone is 4. The van der Waals surface area contributed by atoms with Crippen LogP contribution in [0.3, 0.4) is 0 Å².